The quantitative estimate of drug-likeness (QED) is 0.234. The molecule has 4 aromatic rings. The molecule has 8 heteroatoms. The van der Waals surface area contributed by atoms with E-state index in [1.54, 1.807) is 13.2 Å². The minimum Gasteiger partial charge on any atom is -0.493 e. The molecule has 1 aliphatic rings. The average molecular weight is 558 g/mol. The Balaban J connectivity index is 1.54. The van der Waals surface area contributed by atoms with Crippen LogP contribution in [0.1, 0.15) is 66.6 Å². The second-order valence-electron chi connectivity index (χ2n) is 12.0. The zero-order valence-electron chi connectivity index (χ0n) is 24.6. The Kier molecular flexibility index (Phi) is 7.70. The van der Waals surface area contributed by atoms with Gasteiger partial charge in [0.15, 0.2) is 17.3 Å². The van der Waals surface area contributed by atoms with Gasteiger partial charge in [-0.1, -0.05) is 39.0 Å². The third kappa shape index (κ3) is 5.48. The van der Waals surface area contributed by atoms with Gasteiger partial charge in [-0.2, -0.15) is 0 Å². The highest BCUT2D eigenvalue weighted by Gasteiger charge is 2.35. The summed E-state index contributed by atoms with van der Waals surface area (Å²) in [6.07, 6.45) is 2.98. The number of aliphatic hydroxyl groups is 1. The van der Waals surface area contributed by atoms with Crippen molar-refractivity contribution in [2.45, 2.75) is 66.2 Å². The van der Waals surface area contributed by atoms with E-state index >= 15 is 0 Å². The number of benzene rings is 2. The summed E-state index contributed by atoms with van der Waals surface area (Å²) in [5.41, 5.74) is 4.77. The molecule has 0 spiro atoms. The van der Waals surface area contributed by atoms with Crippen molar-refractivity contribution in [3.05, 3.63) is 71.0 Å². The van der Waals surface area contributed by atoms with Crippen molar-refractivity contribution in [2.75, 3.05) is 13.7 Å². The molecule has 0 saturated carbocycles. The molecule has 1 atom stereocenters. The number of aromatic amines is 1. The van der Waals surface area contributed by atoms with Crippen LogP contribution in [-0.4, -0.2) is 52.2 Å². The summed E-state index contributed by atoms with van der Waals surface area (Å²) in [5, 5.41) is 14.3. The van der Waals surface area contributed by atoms with Crippen LogP contribution in [0.4, 0.5) is 0 Å². The summed E-state index contributed by atoms with van der Waals surface area (Å²) in [6.45, 7) is 9.82. The SMILES string of the molecule is COc1cc2c(cc1OC(C)C)-c1cc(C(=O)NC(CO)Cc3c[nH]c4ccccc34)c(C(=O)C(C)(C)C)n1CC2. The second-order valence-corrected chi connectivity index (χ2v) is 12.0. The van der Waals surface area contributed by atoms with Gasteiger partial charge in [0.25, 0.3) is 5.91 Å². The molecule has 0 aliphatic carbocycles. The van der Waals surface area contributed by atoms with Crippen LogP contribution in [-0.2, 0) is 19.4 Å². The maximum Gasteiger partial charge on any atom is 0.253 e. The number of amides is 1. The van der Waals surface area contributed by atoms with Gasteiger partial charge in [0.05, 0.1) is 37.1 Å². The molecule has 1 unspecified atom stereocenters. The largest absolute Gasteiger partial charge is 0.493 e. The van der Waals surface area contributed by atoms with E-state index in [0.717, 1.165) is 33.3 Å². The number of carbonyl (C=O) groups excluding carboxylic acids is 2. The summed E-state index contributed by atoms with van der Waals surface area (Å²) >= 11 is 0. The lowest BCUT2D eigenvalue weighted by molar-refractivity contribution is 0.0833. The van der Waals surface area contributed by atoms with Gasteiger partial charge in [-0.3, -0.25) is 9.59 Å². The first-order valence-electron chi connectivity index (χ1n) is 14.1. The molecular formula is C33H39N3O5. The number of nitrogens with one attached hydrogen (secondary N) is 2. The fourth-order valence-electron chi connectivity index (χ4n) is 5.55. The summed E-state index contributed by atoms with van der Waals surface area (Å²) in [4.78, 5) is 30.9. The molecule has 0 fully saturated rings. The number of methoxy groups -OCH3 is 1. The number of hydrogen-bond donors (Lipinski definition) is 3. The number of aliphatic hydroxyl groups excluding tert-OH is 1. The normalized spacial score (nSPS) is 13.6. The van der Waals surface area contributed by atoms with E-state index in [2.05, 4.69) is 10.3 Å². The molecule has 0 radical (unpaired) electrons. The van der Waals surface area contributed by atoms with Crippen LogP contribution in [0.25, 0.3) is 22.2 Å². The Bertz CT molecular complexity index is 1610. The fraction of sp³-hybridized carbons (Fsp3) is 0.394. The van der Waals surface area contributed by atoms with E-state index in [0.29, 0.717) is 42.1 Å². The molecule has 1 aliphatic heterocycles. The summed E-state index contributed by atoms with van der Waals surface area (Å²) < 4.78 is 13.6. The zero-order valence-corrected chi connectivity index (χ0v) is 24.6. The minimum atomic E-state index is -0.698. The predicted molar refractivity (Wildman–Crippen MR) is 160 cm³/mol. The van der Waals surface area contributed by atoms with Crippen LogP contribution in [0.15, 0.2) is 48.7 Å². The predicted octanol–water partition coefficient (Wildman–Crippen LogP) is 5.55. The molecule has 216 valence electrons. The lowest BCUT2D eigenvalue weighted by atomic mass is 9.87. The highest BCUT2D eigenvalue weighted by molar-refractivity contribution is 6.10. The van der Waals surface area contributed by atoms with Gasteiger partial charge < -0.3 is 29.4 Å². The first-order chi connectivity index (χ1) is 19.5. The van der Waals surface area contributed by atoms with E-state index in [9.17, 15) is 14.7 Å². The van der Waals surface area contributed by atoms with E-state index < -0.39 is 11.5 Å². The van der Waals surface area contributed by atoms with Gasteiger partial charge in [0.1, 0.15) is 0 Å². The molecule has 3 heterocycles. The number of ketones is 1. The number of H-pyrrole nitrogens is 1. The number of aryl methyl sites for hydroxylation is 1. The van der Waals surface area contributed by atoms with Crippen LogP contribution < -0.4 is 14.8 Å². The third-order valence-electron chi connectivity index (χ3n) is 7.57. The van der Waals surface area contributed by atoms with Crippen LogP contribution in [0.3, 0.4) is 0 Å². The molecule has 3 N–H and O–H groups in total. The van der Waals surface area contributed by atoms with Gasteiger partial charge in [0.2, 0.25) is 0 Å². The Labute approximate surface area is 240 Å². The van der Waals surface area contributed by atoms with Crippen molar-refractivity contribution in [3.8, 4) is 22.8 Å². The van der Waals surface area contributed by atoms with Gasteiger partial charge in [-0.15, -0.1) is 0 Å². The standard InChI is InChI=1S/C33H39N3O5/c1-19(2)41-29-16-24-20(14-28(29)40-6)11-12-36-27(24)15-25(30(36)31(38)33(3,4)5)32(39)35-22(18-37)13-21-17-34-26-10-8-7-9-23(21)26/h7-10,14-17,19,22,34,37H,11-13,18H2,1-6H3,(H,35,39). The van der Waals surface area contributed by atoms with E-state index in [4.69, 9.17) is 9.47 Å². The number of hydrogen-bond acceptors (Lipinski definition) is 5. The number of aromatic nitrogens is 2. The van der Waals surface area contributed by atoms with Gasteiger partial charge >= 0.3 is 0 Å². The first kappa shape index (κ1) is 28.5. The highest BCUT2D eigenvalue weighted by atomic mass is 16.5. The Hall–Kier alpha value is -4.04. The summed E-state index contributed by atoms with van der Waals surface area (Å²) in [5.74, 6) is 0.781. The van der Waals surface area contributed by atoms with Crippen molar-refractivity contribution in [3.63, 3.8) is 0 Å². The van der Waals surface area contributed by atoms with Crippen LogP contribution in [0, 0.1) is 5.41 Å². The topological polar surface area (TPSA) is 106 Å². The monoisotopic (exact) mass is 557 g/mol. The third-order valence-corrected chi connectivity index (χ3v) is 7.57. The van der Waals surface area contributed by atoms with E-state index in [1.165, 1.54) is 0 Å². The van der Waals surface area contributed by atoms with Crippen molar-refractivity contribution in [2.24, 2.45) is 5.41 Å². The molecule has 41 heavy (non-hydrogen) atoms. The summed E-state index contributed by atoms with van der Waals surface area (Å²) in [6, 6.07) is 13.1. The van der Waals surface area contributed by atoms with E-state index in [1.807, 2.05) is 81.8 Å². The number of fused-ring (bicyclic) bond motifs is 4. The van der Waals surface area contributed by atoms with Crippen molar-refractivity contribution >= 4 is 22.6 Å². The molecule has 2 aromatic carbocycles. The molecule has 5 rings (SSSR count). The van der Waals surface area contributed by atoms with Gasteiger partial charge in [-0.25, -0.2) is 0 Å². The number of Topliss-reactive ketones (excluding diaryl/α,β-unsaturated/α-hetero) is 1. The number of carbonyl (C=O) groups is 2. The zero-order chi connectivity index (χ0) is 29.5. The number of rotatable bonds is 9. The average Bonchev–Trinajstić information content (AvgIpc) is 3.53. The van der Waals surface area contributed by atoms with E-state index in [-0.39, 0.29) is 24.4 Å². The molecule has 1 amide bonds. The van der Waals surface area contributed by atoms with Crippen molar-refractivity contribution in [1.82, 2.24) is 14.9 Å². The molecule has 2 aromatic heterocycles. The van der Waals surface area contributed by atoms with Gasteiger partial charge in [0, 0.05) is 40.3 Å². The van der Waals surface area contributed by atoms with Gasteiger partial charge in [-0.05, 0) is 62.1 Å². The second kappa shape index (κ2) is 11.1. The van der Waals surface area contributed by atoms with Crippen molar-refractivity contribution in [1.29, 1.82) is 0 Å². The van der Waals surface area contributed by atoms with Crippen LogP contribution in [0.2, 0.25) is 0 Å². The highest BCUT2D eigenvalue weighted by Crippen LogP contribution is 2.41. The van der Waals surface area contributed by atoms with Crippen LogP contribution >= 0.6 is 0 Å². The Morgan fingerprint density at radius 2 is 1.88 bits per heavy atom. The van der Waals surface area contributed by atoms with Crippen molar-refractivity contribution < 1.29 is 24.2 Å². The Morgan fingerprint density at radius 1 is 1.12 bits per heavy atom. The minimum absolute atomic E-state index is 0.0516. The molecule has 8 nitrogen and oxygen atoms in total. The summed E-state index contributed by atoms with van der Waals surface area (Å²) in [7, 11) is 1.62. The smallest absolute Gasteiger partial charge is 0.253 e. The Morgan fingerprint density at radius 3 is 2.56 bits per heavy atom. The first-order valence-corrected chi connectivity index (χ1v) is 14.1. The number of ether oxygens (including phenoxy) is 2. The lowest BCUT2D eigenvalue weighted by Gasteiger charge is -2.25. The molecule has 0 saturated heterocycles. The molecular weight excluding hydrogens is 518 g/mol. The lowest BCUT2D eigenvalue weighted by Crippen LogP contribution is -2.40. The molecule has 0 bridgehead atoms. The number of nitrogens with zero attached hydrogens (tertiary/aromatic N) is 1. The maximum absolute atomic E-state index is 13.9. The number of para-hydroxylation sites is 1. The maximum atomic E-state index is 13.9. The fourth-order valence-corrected chi connectivity index (χ4v) is 5.55. The van der Waals surface area contributed by atoms with Crippen LogP contribution in [0.5, 0.6) is 11.5 Å².